The summed E-state index contributed by atoms with van der Waals surface area (Å²) in [5.74, 6) is 2.47. The van der Waals surface area contributed by atoms with Crippen LogP contribution < -0.4 is 4.90 Å². The van der Waals surface area contributed by atoms with Gasteiger partial charge < -0.3 is 4.90 Å². The number of rotatable bonds is 8. The van der Waals surface area contributed by atoms with Crippen molar-refractivity contribution in [2.75, 3.05) is 29.9 Å². The van der Waals surface area contributed by atoms with Crippen molar-refractivity contribution >= 4 is 37.3 Å². The quantitative estimate of drug-likeness (QED) is 0.235. The van der Waals surface area contributed by atoms with Gasteiger partial charge in [0.15, 0.2) is 0 Å². The van der Waals surface area contributed by atoms with Gasteiger partial charge in [0.05, 0.1) is 16.2 Å². The van der Waals surface area contributed by atoms with Crippen LogP contribution in [-0.4, -0.2) is 42.6 Å². The lowest BCUT2D eigenvalue weighted by Gasteiger charge is -2.31. The van der Waals surface area contributed by atoms with Crippen molar-refractivity contribution in [2.45, 2.75) is 31.2 Å². The first-order chi connectivity index (χ1) is 14.8. The van der Waals surface area contributed by atoms with E-state index < -0.39 is 14.9 Å². The molecule has 0 amide bonds. The number of hydrogen-bond donors (Lipinski definition) is 0. The summed E-state index contributed by atoms with van der Waals surface area (Å²) in [6, 6.07) is 10.1. The lowest BCUT2D eigenvalue weighted by Crippen LogP contribution is -2.37. The summed E-state index contributed by atoms with van der Waals surface area (Å²) < 4.78 is 28.9. The third-order valence-corrected chi connectivity index (χ3v) is 7.52. The number of sulfonamides is 1. The maximum atomic E-state index is 13.8. The normalized spacial score (nSPS) is 14.0. The molecule has 1 heterocycles. The number of alkyl halides is 1. The number of nitrogens with zero attached hydrogens (tertiary/aromatic N) is 3. The van der Waals surface area contributed by atoms with Gasteiger partial charge in [0.1, 0.15) is 4.90 Å². The summed E-state index contributed by atoms with van der Waals surface area (Å²) in [6.07, 6.45) is 7.04. The molecule has 0 N–H and O–H groups in total. The molecule has 0 atom stereocenters. The van der Waals surface area contributed by atoms with Gasteiger partial charge in [0, 0.05) is 43.6 Å². The molecule has 0 spiro atoms. The van der Waals surface area contributed by atoms with Gasteiger partial charge >= 0.3 is 0 Å². The zero-order valence-corrected chi connectivity index (χ0v) is 19.7. The van der Waals surface area contributed by atoms with Crippen molar-refractivity contribution in [1.82, 2.24) is 4.31 Å². The Morgan fingerprint density at radius 3 is 2.58 bits per heavy atom. The maximum Gasteiger partial charge on any atom is 0.272 e. The molecular weight excluding hydrogens is 482 g/mol. The fourth-order valence-electron chi connectivity index (χ4n) is 3.85. The molecule has 7 nitrogen and oxygen atoms in total. The number of benzene rings is 2. The standard InChI is InChI=1S/C22H24BrN3O4S/c1-3-11-24(13-10-23)22-17(4-2)14-20(26(27)28)15-21(22)31(29,30)25-12-9-18-7-5-6-8-19(18)16-25/h2,5-8,14-15H,3,9-13,16H2,1H3. The Labute approximate surface area is 191 Å². The first-order valence-electron chi connectivity index (χ1n) is 10.00. The monoisotopic (exact) mass is 505 g/mol. The Bertz CT molecular complexity index is 1120. The zero-order chi connectivity index (χ0) is 22.6. The van der Waals surface area contributed by atoms with E-state index in [1.165, 1.54) is 10.4 Å². The summed E-state index contributed by atoms with van der Waals surface area (Å²) in [7, 11) is -4.03. The predicted molar refractivity (Wildman–Crippen MR) is 125 cm³/mol. The molecule has 3 rings (SSSR count). The maximum absolute atomic E-state index is 13.8. The first-order valence-corrected chi connectivity index (χ1v) is 12.6. The average molecular weight is 506 g/mol. The lowest BCUT2D eigenvalue weighted by atomic mass is 10.0. The largest absolute Gasteiger partial charge is 0.369 e. The Balaban J connectivity index is 2.18. The minimum absolute atomic E-state index is 0.108. The van der Waals surface area contributed by atoms with E-state index in [1.807, 2.05) is 36.1 Å². The van der Waals surface area contributed by atoms with Crippen LogP contribution >= 0.6 is 15.9 Å². The highest BCUT2D eigenvalue weighted by Crippen LogP contribution is 2.37. The molecule has 0 bridgehead atoms. The zero-order valence-electron chi connectivity index (χ0n) is 17.3. The molecule has 0 saturated carbocycles. The summed E-state index contributed by atoms with van der Waals surface area (Å²) in [5.41, 5.74) is 2.28. The molecule has 0 unspecified atom stereocenters. The van der Waals surface area contributed by atoms with Gasteiger partial charge in [-0.15, -0.1) is 6.42 Å². The third kappa shape index (κ3) is 4.76. The van der Waals surface area contributed by atoms with Crippen LogP contribution in [0.2, 0.25) is 0 Å². The first kappa shape index (κ1) is 23.3. The highest BCUT2D eigenvalue weighted by atomic mass is 79.9. The predicted octanol–water partition coefficient (Wildman–Crippen LogP) is 3.93. The van der Waals surface area contributed by atoms with Crippen LogP contribution in [0.15, 0.2) is 41.3 Å². The SMILES string of the molecule is C#Cc1cc([N+](=O)[O-])cc(S(=O)(=O)N2CCc3ccccc3C2)c1N(CCC)CCBr. The fraction of sp³-hybridized carbons (Fsp3) is 0.364. The van der Waals surface area contributed by atoms with Gasteiger partial charge in [0.2, 0.25) is 10.0 Å². The number of terminal acetylenes is 1. The number of hydrogen-bond acceptors (Lipinski definition) is 5. The Morgan fingerprint density at radius 2 is 1.97 bits per heavy atom. The molecule has 31 heavy (non-hydrogen) atoms. The summed E-state index contributed by atoms with van der Waals surface area (Å²) in [6.45, 7) is 3.60. The molecule has 0 radical (unpaired) electrons. The molecule has 0 saturated heterocycles. The molecule has 1 aliphatic heterocycles. The van der Waals surface area contributed by atoms with Crippen LogP contribution in [0.25, 0.3) is 0 Å². The highest BCUT2D eigenvalue weighted by Gasteiger charge is 2.34. The van der Waals surface area contributed by atoms with Crippen LogP contribution in [-0.2, 0) is 23.0 Å². The van der Waals surface area contributed by atoms with Crippen LogP contribution in [0.4, 0.5) is 11.4 Å². The number of halogens is 1. The van der Waals surface area contributed by atoms with Gasteiger partial charge in [-0.05, 0) is 24.0 Å². The molecule has 9 heteroatoms. The number of nitro groups is 1. The van der Waals surface area contributed by atoms with Crippen molar-refractivity contribution in [3.8, 4) is 12.3 Å². The molecule has 0 fully saturated rings. The van der Waals surface area contributed by atoms with Gasteiger partial charge in [-0.3, -0.25) is 10.1 Å². The average Bonchev–Trinajstić information content (AvgIpc) is 2.77. The molecule has 2 aromatic rings. The van der Waals surface area contributed by atoms with E-state index in [1.54, 1.807) is 0 Å². The van der Waals surface area contributed by atoms with E-state index in [0.717, 1.165) is 23.6 Å². The van der Waals surface area contributed by atoms with E-state index >= 15 is 0 Å². The number of fused-ring (bicyclic) bond motifs is 1. The second-order valence-electron chi connectivity index (χ2n) is 7.27. The minimum atomic E-state index is -4.03. The topological polar surface area (TPSA) is 83.8 Å². The summed E-state index contributed by atoms with van der Waals surface area (Å²) >= 11 is 3.41. The van der Waals surface area contributed by atoms with E-state index in [0.29, 0.717) is 37.1 Å². The third-order valence-electron chi connectivity index (χ3n) is 5.30. The number of nitro benzene ring substituents is 1. The van der Waals surface area contributed by atoms with Crippen molar-refractivity contribution in [3.63, 3.8) is 0 Å². The van der Waals surface area contributed by atoms with Crippen LogP contribution in [0, 0.1) is 22.5 Å². The second-order valence-corrected chi connectivity index (χ2v) is 9.97. The Hall–Kier alpha value is -2.41. The van der Waals surface area contributed by atoms with E-state index in [2.05, 4.69) is 21.9 Å². The molecular formula is C22H24BrN3O4S. The Morgan fingerprint density at radius 1 is 1.26 bits per heavy atom. The number of anilines is 1. The van der Waals surface area contributed by atoms with E-state index in [-0.39, 0.29) is 22.7 Å². The highest BCUT2D eigenvalue weighted by molar-refractivity contribution is 9.09. The molecule has 1 aliphatic rings. The second kappa shape index (κ2) is 9.81. The van der Waals surface area contributed by atoms with Gasteiger partial charge in [-0.1, -0.05) is 53.0 Å². The Kier molecular flexibility index (Phi) is 7.36. The molecule has 0 aliphatic carbocycles. The van der Waals surface area contributed by atoms with Crippen molar-refractivity contribution in [3.05, 3.63) is 63.2 Å². The lowest BCUT2D eigenvalue weighted by molar-refractivity contribution is -0.385. The molecule has 164 valence electrons. The molecule has 2 aromatic carbocycles. The van der Waals surface area contributed by atoms with Gasteiger partial charge in [-0.2, -0.15) is 4.31 Å². The van der Waals surface area contributed by atoms with Crippen molar-refractivity contribution in [2.24, 2.45) is 0 Å². The fourth-order valence-corrected chi connectivity index (χ4v) is 5.95. The van der Waals surface area contributed by atoms with E-state index in [9.17, 15) is 18.5 Å². The van der Waals surface area contributed by atoms with Crippen molar-refractivity contribution in [1.29, 1.82) is 0 Å². The number of non-ortho nitro benzene ring substituents is 1. The van der Waals surface area contributed by atoms with Gasteiger partial charge in [0.25, 0.3) is 5.69 Å². The summed E-state index contributed by atoms with van der Waals surface area (Å²) in [4.78, 5) is 12.7. The smallest absolute Gasteiger partial charge is 0.272 e. The van der Waals surface area contributed by atoms with Gasteiger partial charge in [-0.25, -0.2) is 8.42 Å². The van der Waals surface area contributed by atoms with Crippen LogP contribution in [0.5, 0.6) is 0 Å². The van der Waals surface area contributed by atoms with Crippen LogP contribution in [0.1, 0.15) is 30.0 Å². The minimum Gasteiger partial charge on any atom is -0.369 e. The summed E-state index contributed by atoms with van der Waals surface area (Å²) in [5, 5.41) is 12.1. The van der Waals surface area contributed by atoms with E-state index in [4.69, 9.17) is 6.42 Å². The van der Waals surface area contributed by atoms with Crippen LogP contribution in [0.3, 0.4) is 0 Å². The van der Waals surface area contributed by atoms with Crippen molar-refractivity contribution < 1.29 is 13.3 Å². The molecule has 0 aromatic heterocycles.